The average molecular weight is 943 g/mol. The van der Waals surface area contributed by atoms with E-state index in [4.69, 9.17) is 18.9 Å². The number of hydrogen-bond donors (Lipinski definition) is 4. The van der Waals surface area contributed by atoms with Crippen LogP contribution in [-0.2, 0) is 38.3 Å². The summed E-state index contributed by atoms with van der Waals surface area (Å²) < 4.78 is 59.2. The molecule has 0 aromatic rings. The van der Waals surface area contributed by atoms with E-state index in [0.29, 0.717) is 13.0 Å². The second-order valence-electron chi connectivity index (χ2n) is 17.8. The van der Waals surface area contributed by atoms with Crippen molar-refractivity contribution < 1.29 is 56.2 Å². The zero-order valence-corrected chi connectivity index (χ0v) is 41.6. The van der Waals surface area contributed by atoms with E-state index in [1.54, 1.807) is 0 Å². The van der Waals surface area contributed by atoms with E-state index in [0.717, 1.165) is 64.2 Å². The molecule has 0 bridgehead atoms. The van der Waals surface area contributed by atoms with Crippen LogP contribution in [0.15, 0.2) is 48.6 Å². The molecule has 0 aromatic heterocycles. The molecular weight excluding hydrogens is 849 g/mol. The van der Waals surface area contributed by atoms with Crippen LogP contribution < -0.4 is 0 Å². The molecule has 1 rings (SSSR count). The molecule has 0 aliphatic carbocycles. The van der Waals surface area contributed by atoms with Crippen LogP contribution in [0.2, 0.25) is 0 Å². The van der Waals surface area contributed by atoms with Gasteiger partial charge in [0.15, 0.2) is 6.29 Å². The summed E-state index contributed by atoms with van der Waals surface area (Å²) in [6.07, 6.45) is 44.2. The van der Waals surface area contributed by atoms with Crippen molar-refractivity contribution in [1.29, 1.82) is 0 Å². The summed E-state index contributed by atoms with van der Waals surface area (Å²) in [4.78, 5) is 12.9. The number of ether oxygens (including phenoxy) is 4. The Morgan fingerprint density at radius 3 is 1.52 bits per heavy atom. The van der Waals surface area contributed by atoms with Gasteiger partial charge in [0.1, 0.15) is 30.5 Å². The molecule has 1 aliphatic rings. The third kappa shape index (κ3) is 36.7. The molecule has 1 saturated heterocycles. The number of aliphatic hydroxyl groups is 3. The maximum atomic E-state index is 12.9. The van der Waals surface area contributed by atoms with Gasteiger partial charge in [-0.1, -0.05) is 178 Å². The zero-order chi connectivity index (χ0) is 47.5. The minimum Gasteiger partial charge on any atom is -0.457 e. The Morgan fingerprint density at radius 1 is 0.585 bits per heavy atom. The van der Waals surface area contributed by atoms with Crippen LogP contribution in [0.5, 0.6) is 0 Å². The van der Waals surface area contributed by atoms with Crippen LogP contribution in [0.25, 0.3) is 0 Å². The Hall–Kier alpha value is -1.94. The largest absolute Gasteiger partial charge is 0.457 e. The highest BCUT2D eigenvalue weighted by molar-refractivity contribution is 7.80. The van der Waals surface area contributed by atoms with E-state index < -0.39 is 59.8 Å². The molecule has 0 amide bonds. The summed E-state index contributed by atoms with van der Waals surface area (Å²) in [5.74, 6) is -0.407. The van der Waals surface area contributed by atoms with Gasteiger partial charge in [-0.15, -0.1) is 0 Å². The van der Waals surface area contributed by atoms with Crippen molar-refractivity contribution in [2.75, 3.05) is 26.4 Å². The van der Waals surface area contributed by atoms with Crippen molar-refractivity contribution in [2.45, 2.75) is 250 Å². The maximum absolute atomic E-state index is 12.9. The van der Waals surface area contributed by atoms with Crippen molar-refractivity contribution in [1.82, 2.24) is 0 Å². The summed E-state index contributed by atoms with van der Waals surface area (Å²) in [7, 11) is -5.07. The second-order valence-corrected chi connectivity index (χ2v) is 18.8. The quantitative estimate of drug-likeness (QED) is 0.0197. The summed E-state index contributed by atoms with van der Waals surface area (Å²) in [6, 6.07) is 0. The molecule has 12 nitrogen and oxygen atoms in total. The van der Waals surface area contributed by atoms with Crippen LogP contribution in [0, 0.1) is 0 Å². The number of aliphatic hydroxyl groups excluding tert-OH is 3. The Balaban J connectivity index is 2.38. The smallest absolute Gasteiger partial charge is 0.397 e. The van der Waals surface area contributed by atoms with E-state index in [-0.39, 0.29) is 19.6 Å². The fourth-order valence-electron chi connectivity index (χ4n) is 7.73. The van der Waals surface area contributed by atoms with Gasteiger partial charge in [-0.2, -0.15) is 8.42 Å². The second kappa shape index (κ2) is 43.3. The molecule has 1 fully saturated rings. The number of hydrogen-bond acceptors (Lipinski definition) is 11. The van der Waals surface area contributed by atoms with E-state index in [2.05, 4.69) is 66.6 Å². The van der Waals surface area contributed by atoms with E-state index in [1.807, 2.05) is 0 Å². The number of carbonyl (C=O) groups excluding carboxylic acids is 1. The summed E-state index contributed by atoms with van der Waals surface area (Å²) >= 11 is 0. The minimum absolute atomic E-state index is 0.0271. The first kappa shape index (κ1) is 61.1. The van der Waals surface area contributed by atoms with Crippen LogP contribution >= 0.6 is 0 Å². The molecule has 6 atom stereocenters. The van der Waals surface area contributed by atoms with Gasteiger partial charge in [-0.25, -0.2) is 4.18 Å². The normalized spacial score (nSPS) is 20.0. The van der Waals surface area contributed by atoms with Gasteiger partial charge in [0, 0.05) is 13.0 Å². The van der Waals surface area contributed by atoms with Crippen LogP contribution in [0.1, 0.15) is 213 Å². The summed E-state index contributed by atoms with van der Waals surface area (Å²) in [5.41, 5.74) is 0. The van der Waals surface area contributed by atoms with Crippen LogP contribution in [0.3, 0.4) is 0 Å². The van der Waals surface area contributed by atoms with E-state index in [1.165, 1.54) is 122 Å². The van der Waals surface area contributed by atoms with Gasteiger partial charge in [0.25, 0.3) is 0 Å². The minimum atomic E-state index is -5.07. The Morgan fingerprint density at radius 2 is 1.02 bits per heavy atom. The highest BCUT2D eigenvalue weighted by atomic mass is 32.3. The molecule has 4 N–H and O–H groups in total. The lowest BCUT2D eigenvalue weighted by atomic mass is 9.99. The molecule has 0 saturated carbocycles. The lowest BCUT2D eigenvalue weighted by Gasteiger charge is -2.41. The highest BCUT2D eigenvalue weighted by Gasteiger charge is 2.48. The van der Waals surface area contributed by atoms with Gasteiger partial charge >= 0.3 is 16.4 Å². The number of rotatable bonds is 45. The number of esters is 1. The Bertz CT molecular complexity index is 1320. The van der Waals surface area contributed by atoms with E-state index >= 15 is 0 Å². The molecule has 0 aromatic carbocycles. The third-order valence-corrected chi connectivity index (χ3v) is 12.1. The van der Waals surface area contributed by atoms with Crippen molar-refractivity contribution in [3.8, 4) is 0 Å². The molecule has 13 heteroatoms. The third-order valence-electron chi connectivity index (χ3n) is 11.7. The Labute approximate surface area is 396 Å². The molecule has 1 aliphatic heterocycles. The molecule has 0 radical (unpaired) electrons. The van der Waals surface area contributed by atoms with Crippen molar-refractivity contribution in [2.24, 2.45) is 0 Å². The number of carbonyl (C=O) groups is 1. The molecule has 6 unspecified atom stereocenters. The first-order valence-electron chi connectivity index (χ1n) is 25.9. The average Bonchev–Trinajstić information content (AvgIpc) is 3.28. The lowest BCUT2D eigenvalue weighted by molar-refractivity contribution is -0.301. The predicted molar refractivity (Wildman–Crippen MR) is 262 cm³/mol. The number of unbranched alkanes of at least 4 members (excludes halogenated alkanes) is 24. The topological polar surface area (TPSA) is 178 Å². The first-order valence-corrected chi connectivity index (χ1v) is 27.3. The first-order chi connectivity index (χ1) is 31.6. The Kier molecular flexibility index (Phi) is 40.7. The van der Waals surface area contributed by atoms with Crippen molar-refractivity contribution in [3.05, 3.63) is 48.6 Å². The molecule has 0 spiro atoms. The highest BCUT2D eigenvalue weighted by Crippen LogP contribution is 2.26. The van der Waals surface area contributed by atoms with E-state index in [9.17, 15) is 33.1 Å². The lowest BCUT2D eigenvalue weighted by Crippen LogP contribution is -2.60. The van der Waals surface area contributed by atoms with Gasteiger partial charge in [0.2, 0.25) is 0 Å². The molecule has 65 heavy (non-hydrogen) atoms. The standard InChI is InChI=1S/C52H94O12S/c1-3-5-7-9-11-13-15-17-19-21-23-24-26-28-30-32-34-36-38-40-42-60-44-46(45-61-52-50(56)51(64-65(57,58)59)49(55)47(43-53)63-52)62-48(54)41-39-37-35-33-31-29-27-25-22-20-18-16-14-12-10-8-6-4-2/h11,13,17,19-20,22-24,46-47,49-53,55-56H,3-10,12,14-16,18,21,25-45H2,1-2H3,(H,57,58,59)/b13-11-,19-17-,22-20-,24-23-. The molecular formula is C52H94O12S. The van der Waals surface area contributed by atoms with Crippen LogP contribution in [0.4, 0.5) is 0 Å². The molecule has 1 heterocycles. The number of allylic oxidation sites excluding steroid dienone is 8. The fraction of sp³-hybridized carbons (Fsp3) is 0.827. The van der Waals surface area contributed by atoms with Crippen LogP contribution in [-0.4, -0.2) is 97.5 Å². The zero-order valence-electron chi connectivity index (χ0n) is 40.8. The van der Waals surface area contributed by atoms with Gasteiger partial charge in [0.05, 0.1) is 19.8 Å². The molecule has 380 valence electrons. The fourth-order valence-corrected chi connectivity index (χ4v) is 8.24. The maximum Gasteiger partial charge on any atom is 0.397 e. The summed E-state index contributed by atoms with van der Waals surface area (Å²) in [5, 5.41) is 30.8. The SMILES string of the molecule is CCCCC/C=C\C/C=C\C/C=C\CCCCCCCCCOCC(COC1OC(CO)C(O)C(OS(=O)(=O)O)C1O)OC(=O)CCCCCCCCC/C=C\CCCCCCCCC. The van der Waals surface area contributed by atoms with Gasteiger partial charge in [-0.3, -0.25) is 9.35 Å². The monoisotopic (exact) mass is 943 g/mol. The predicted octanol–water partition coefficient (Wildman–Crippen LogP) is 11.9. The van der Waals surface area contributed by atoms with Crippen molar-refractivity contribution in [3.63, 3.8) is 0 Å². The van der Waals surface area contributed by atoms with Crippen molar-refractivity contribution >= 4 is 16.4 Å². The van der Waals surface area contributed by atoms with Gasteiger partial charge in [-0.05, 0) is 77.0 Å². The summed E-state index contributed by atoms with van der Waals surface area (Å²) in [6.45, 7) is 3.95. The van der Waals surface area contributed by atoms with Gasteiger partial charge < -0.3 is 34.3 Å².